The second kappa shape index (κ2) is 11.2. The number of carbonyl (C=O) groups excluding carboxylic acids is 2. The predicted octanol–water partition coefficient (Wildman–Crippen LogP) is 9.10. The SMILES string of the molecule is O=C1S/C(=C\c2cc(Br)c(OCc3ccc(Cl)cc3Cl)c(Br)c2)C(=O)N1Cc1ccccc1Br. The van der Waals surface area contributed by atoms with Gasteiger partial charge in [0.15, 0.2) is 0 Å². The van der Waals surface area contributed by atoms with Crippen LogP contribution < -0.4 is 4.74 Å². The number of hydrogen-bond acceptors (Lipinski definition) is 4. The topological polar surface area (TPSA) is 46.6 Å². The number of rotatable bonds is 6. The van der Waals surface area contributed by atoms with Gasteiger partial charge in [0, 0.05) is 20.1 Å². The molecule has 0 radical (unpaired) electrons. The molecule has 0 saturated carbocycles. The van der Waals surface area contributed by atoms with E-state index < -0.39 is 0 Å². The molecule has 4 rings (SSSR count). The van der Waals surface area contributed by atoms with Crippen molar-refractivity contribution >= 4 is 100.0 Å². The standard InChI is InChI=1S/C24H14Br3Cl2NO3S/c25-17-4-2-1-3-14(17)11-30-23(31)21(34-24(30)32)9-13-7-18(26)22(19(27)8-13)33-12-15-5-6-16(28)10-20(15)29/h1-10H,11-12H2/b21-9-. The Balaban J connectivity index is 1.51. The van der Waals surface area contributed by atoms with Crippen LogP contribution in [0.2, 0.25) is 10.0 Å². The maximum atomic E-state index is 12.9. The van der Waals surface area contributed by atoms with E-state index in [2.05, 4.69) is 47.8 Å². The average molecular weight is 707 g/mol. The first-order chi connectivity index (χ1) is 16.2. The van der Waals surface area contributed by atoms with Crippen molar-refractivity contribution in [3.8, 4) is 5.75 Å². The summed E-state index contributed by atoms with van der Waals surface area (Å²) in [5, 5.41) is 0.779. The number of amides is 2. The summed E-state index contributed by atoms with van der Waals surface area (Å²) >= 11 is 23.6. The molecule has 2 amide bonds. The number of benzene rings is 3. The van der Waals surface area contributed by atoms with Gasteiger partial charge in [0.05, 0.1) is 20.4 Å². The van der Waals surface area contributed by atoms with E-state index in [4.69, 9.17) is 27.9 Å². The number of imide groups is 1. The quantitative estimate of drug-likeness (QED) is 0.240. The molecule has 1 fully saturated rings. The van der Waals surface area contributed by atoms with E-state index in [1.165, 1.54) is 4.90 Å². The highest BCUT2D eigenvalue weighted by molar-refractivity contribution is 9.11. The Labute approximate surface area is 236 Å². The molecular weight excluding hydrogens is 693 g/mol. The molecule has 0 aliphatic carbocycles. The Kier molecular flexibility index (Phi) is 8.48. The number of halogens is 5. The van der Waals surface area contributed by atoms with E-state index in [1.54, 1.807) is 18.2 Å². The lowest BCUT2D eigenvalue weighted by Gasteiger charge is -2.14. The zero-order valence-electron chi connectivity index (χ0n) is 17.2. The number of carbonyl (C=O) groups is 2. The highest BCUT2D eigenvalue weighted by Crippen LogP contribution is 2.39. The summed E-state index contributed by atoms with van der Waals surface area (Å²) in [4.78, 5) is 27.0. The average Bonchev–Trinajstić information content (AvgIpc) is 3.03. The van der Waals surface area contributed by atoms with Crippen LogP contribution in [0.3, 0.4) is 0 Å². The van der Waals surface area contributed by atoms with Crippen LogP contribution in [-0.4, -0.2) is 16.0 Å². The van der Waals surface area contributed by atoms with Crippen molar-refractivity contribution in [2.75, 3.05) is 0 Å². The van der Waals surface area contributed by atoms with Gasteiger partial charge in [-0.1, -0.05) is 63.4 Å². The lowest BCUT2D eigenvalue weighted by Crippen LogP contribution is -2.27. The molecule has 3 aromatic rings. The maximum Gasteiger partial charge on any atom is 0.293 e. The minimum Gasteiger partial charge on any atom is -0.486 e. The largest absolute Gasteiger partial charge is 0.486 e. The molecule has 0 unspecified atom stereocenters. The summed E-state index contributed by atoms with van der Waals surface area (Å²) in [6, 6.07) is 16.4. The Morgan fingerprint density at radius 1 is 0.912 bits per heavy atom. The number of ether oxygens (including phenoxy) is 1. The Bertz CT molecular complexity index is 1310. The summed E-state index contributed by atoms with van der Waals surface area (Å²) in [5.41, 5.74) is 2.40. The molecule has 1 heterocycles. The van der Waals surface area contributed by atoms with Crippen molar-refractivity contribution in [3.05, 3.63) is 99.7 Å². The van der Waals surface area contributed by atoms with Crippen LogP contribution in [0.1, 0.15) is 16.7 Å². The van der Waals surface area contributed by atoms with Gasteiger partial charge in [0.25, 0.3) is 11.1 Å². The minimum atomic E-state index is -0.323. The lowest BCUT2D eigenvalue weighted by molar-refractivity contribution is -0.123. The molecule has 0 N–H and O–H groups in total. The summed E-state index contributed by atoms with van der Waals surface area (Å²) in [6.07, 6.45) is 1.69. The third kappa shape index (κ3) is 5.91. The zero-order chi connectivity index (χ0) is 24.4. The van der Waals surface area contributed by atoms with Gasteiger partial charge in [-0.05, 0) is 91.2 Å². The van der Waals surface area contributed by atoms with Gasteiger partial charge in [-0.25, -0.2) is 0 Å². The lowest BCUT2D eigenvalue weighted by atomic mass is 10.2. The van der Waals surface area contributed by atoms with Gasteiger partial charge in [-0.2, -0.15) is 0 Å². The first-order valence-electron chi connectivity index (χ1n) is 9.77. The van der Waals surface area contributed by atoms with Crippen LogP contribution in [-0.2, 0) is 17.9 Å². The first kappa shape index (κ1) is 25.8. The van der Waals surface area contributed by atoms with E-state index in [1.807, 2.05) is 42.5 Å². The number of hydrogen-bond donors (Lipinski definition) is 0. The van der Waals surface area contributed by atoms with E-state index >= 15 is 0 Å². The second-order valence-corrected chi connectivity index (χ2v) is 11.6. The van der Waals surface area contributed by atoms with E-state index in [0.29, 0.717) is 29.6 Å². The summed E-state index contributed by atoms with van der Waals surface area (Å²) in [7, 11) is 0. The van der Waals surface area contributed by atoms with E-state index in [0.717, 1.165) is 32.9 Å². The van der Waals surface area contributed by atoms with Crippen LogP contribution in [0.4, 0.5) is 4.79 Å². The van der Waals surface area contributed by atoms with E-state index in [9.17, 15) is 9.59 Å². The molecule has 0 atom stereocenters. The number of thioether (sulfide) groups is 1. The zero-order valence-corrected chi connectivity index (χ0v) is 24.2. The van der Waals surface area contributed by atoms with Gasteiger partial charge in [-0.3, -0.25) is 14.5 Å². The third-order valence-electron chi connectivity index (χ3n) is 4.87. The molecule has 0 aromatic heterocycles. The molecule has 3 aromatic carbocycles. The molecule has 34 heavy (non-hydrogen) atoms. The van der Waals surface area contributed by atoms with Crippen molar-refractivity contribution < 1.29 is 14.3 Å². The molecule has 10 heteroatoms. The summed E-state index contributed by atoms with van der Waals surface area (Å²) < 4.78 is 8.17. The van der Waals surface area contributed by atoms with Crippen molar-refractivity contribution in [3.63, 3.8) is 0 Å². The van der Waals surface area contributed by atoms with Gasteiger partial charge in [-0.15, -0.1) is 0 Å². The van der Waals surface area contributed by atoms with E-state index in [-0.39, 0.29) is 24.3 Å². The Morgan fingerprint density at radius 2 is 1.62 bits per heavy atom. The molecule has 1 aliphatic heterocycles. The maximum absolute atomic E-state index is 12.9. The van der Waals surface area contributed by atoms with Gasteiger partial charge >= 0.3 is 0 Å². The van der Waals surface area contributed by atoms with Crippen LogP contribution in [0.15, 0.2) is 72.9 Å². The Morgan fingerprint density at radius 3 is 2.29 bits per heavy atom. The van der Waals surface area contributed by atoms with Crippen LogP contribution >= 0.6 is 82.8 Å². The monoisotopic (exact) mass is 703 g/mol. The van der Waals surface area contributed by atoms with Crippen molar-refractivity contribution in [2.24, 2.45) is 0 Å². The Hall–Kier alpha value is -1.29. The fourth-order valence-electron chi connectivity index (χ4n) is 3.17. The summed E-state index contributed by atoms with van der Waals surface area (Å²) in [6.45, 7) is 0.456. The highest BCUT2D eigenvalue weighted by Gasteiger charge is 2.35. The fraction of sp³-hybridized carbons (Fsp3) is 0.0833. The molecule has 1 saturated heterocycles. The first-order valence-corrected chi connectivity index (χ1v) is 13.7. The minimum absolute atomic E-state index is 0.205. The number of nitrogens with zero attached hydrogens (tertiary/aromatic N) is 1. The smallest absolute Gasteiger partial charge is 0.293 e. The van der Waals surface area contributed by atoms with Gasteiger partial charge < -0.3 is 4.74 Å². The van der Waals surface area contributed by atoms with Crippen molar-refractivity contribution in [1.29, 1.82) is 0 Å². The molecule has 1 aliphatic rings. The third-order valence-corrected chi connectivity index (χ3v) is 8.31. The molecule has 4 nitrogen and oxygen atoms in total. The van der Waals surface area contributed by atoms with Crippen LogP contribution in [0, 0.1) is 0 Å². The summed E-state index contributed by atoms with van der Waals surface area (Å²) in [5.74, 6) is 0.265. The fourth-order valence-corrected chi connectivity index (χ4v) is 6.34. The van der Waals surface area contributed by atoms with Gasteiger partial charge in [0.2, 0.25) is 0 Å². The molecular formula is C24H14Br3Cl2NO3S. The van der Waals surface area contributed by atoms with Gasteiger partial charge in [0.1, 0.15) is 12.4 Å². The predicted molar refractivity (Wildman–Crippen MR) is 148 cm³/mol. The second-order valence-electron chi connectivity index (χ2n) is 7.20. The van der Waals surface area contributed by atoms with Crippen molar-refractivity contribution in [2.45, 2.75) is 13.2 Å². The molecule has 0 spiro atoms. The normalized spacial score (nSPS) is 14.9. The van der Waals surface area contributed by atoms with Crippen LogP contribution in [0.25, 0.3) is 6.08 Å². The van der Waals surface area contributed by atoms with Crippen LogP contribution in [0.5, 0.6) is 5.75 Å². The molecule has 174 valence electrons. The molecule has 0 bridgehead atoms. The highest BCUT2D eigenvalue weighted by atomic mass is 79.9. The van der Waals surface area contributed by atoms with Crippen molar-refractivity contribution in [1.82, 2.24) is 4.90 Å².